The van der Waals surface area contributed by atoms with Crippen LogP contribution in [0.4, 0.5) is 0 Å². The Kier molecular flexibility index (Phi) is 1.91. The van der Waals surface area contributed by atoms with Gasteiger partial charge < -0.3 is 0 Å². The van der Waals surface area contributed by atoms with Gasteiger partial charge >= 0.3 is 0 Å². The predicted molar refractivity (Wildman–Crippen MR) is 64.6 cm³/mol. The highest BCUT2D eigenvalue weighted by atomic mass is 14.7. The van der Waals surface area contributed by atoms with E-state index in [1.807, 2.05) is 0 Å². The summed E-state index contributed by atoms with van der Waals surface area (Å²) in [6, 6.07) is 0. The van der Waals surface area contributed by atoms with Gasteiger partial charge in [-0.3, -0.25) is 0 Å². The Bertz CT molecular complexity index is 278. The van der Waals surface area contributed by atoms with Crippen molar-refractivity contribution in [2.75, 3.05) is 0 Å². The van der Waals surface area contributed by atoms with E-state index >= 15 is 0 Å². The number of hydrogen-bond donors (Lipinski definition) is 0. The first kappa shape index (κ1) is 10.2. The van der Waals surface area contributed by atoms with Crippen molar-refractivity contribution >= 4 is 0 Å². The van der Waals surface area contributed by atoms with Gasteiger partial charge in [0.05, 0.1) is 0 Å². The molecule has 0 bridgehead atoms. The van der Waals surface area contributed by atoms with Crippen molar-refractivity contribution in [3.8, 4) is 0 Å². The van der Waals surface area contributed by atoms with Gasteiger partial charge in [-0.15, -0.1) is 0 Å². The minimum Gasteiger partial charge on any atom is -0.0622 e. The number of hydrogen-bond acceptors (Lipinski definition) is 0. The van der Waals surface area contributed by atoms with Crippen LogP contribution in [0.15, 0.2) is 0 Å². The van der Waals surface area contributed by atoms with E-state index < -0.39 is 0 Å². The molecule has 3 aliphatic carbocycles. The van der Waals surface area contributed by atoms with Crippen LogP contribution in [-0.4, -0.2) is 0 Å². The topological polar surface area (TPSA) is 0 Å². The van der Waals surface area contributed by atoms with Crippen molar-refractivity contribution < 1.29 is 0 Å². The van der Waals surface area contributed by atoms with Crippen molar-refractivity contribution in [1.29, 1.82) is 0 Å². The summed E-state index contributed by atoms with van der Waals surface area (Å²) in [6.07, 6.45) is 7.55. The zero-order chi connectivity index (χ0) is 10.8. The molecule has 0 aromatic rings. The van der Waals surface area contributed by atoms with Crippen LogP contribution in [0.5, 0.6) is 0 Å². The van der Waals surface area contributed by atoms with Gasteiger partial charge in [0.25, 0.3) is 0 Å². The summed E-state index contributed by atoms with van der Waals surface area (Å²) in [4.78, 5) is 0. The Morgan fingerprint density at radius 1 is 0.933 bits per heavy atom. The number of rotatable bonds is 0. The van der Waals surface area contributed by atoms with Gasteiger partial charge in [0.15, 0.2) is 0 Å². The van der Waals surface area contributed by atoms with E-state index in [4.69, 9.17) is 0 Å². The Hall–Kier alpha value is 0. The molecule has 86 valence electrons. The molecular formula is C15H26. The lowest BCUT2D eigenvalue weighted by molar-refractivity contribution is 0.0100. The third-order valence-electron chi connectivity index (χ3n) is 6.38. The van der Waals surface area contributed by atoms with E-state index in [0.29, 0.717) is 10.8 Å². The van der Waals surface area contributed by atoms with Crippen molar-refractivity contribution in [3.05, 3.63) is 0 Å². The second-order valence-corrected chi connectivity index (χ2v) is 7.54. The van der Waals surface area contributed by atoms with Crippen molar-refractivity contribution in [1.82, 2.24) is 0 Å². The van der Waals surface area contributed by atoms with Crippen LogP contribution in [0.2, 0.25) is 0 Å². The van der Waals surface area contributed by atoms with E-state index in [0.717, 1.165) is 23.7 Å². The maximum absolute atomic E-state index is 2.60. The zero-order valence-corrected chi connectivity index (χ0v) is 10.8. The SMILES string of the molecule is CC1CCCC2(C)CCC3C(C12)C3(C)C. The summed E-state index contributed by atoms with van der Waals surface area (Å²) in [5.41, 5.74) is 1.40. The lowest BCUT2D eigenvalue weighted by Crippen LogP contribution is -2.40. The third kappa shape index (κ3) is 1.20. The monoisotopic (exact) mass is 206 g/mol. The molecule has 0 aromatic heterocycles. The summed E-state index contributed by atoms with van der Waals surface area (Å²) < 4.78 is 0. The number of fused-ring (bicyclic) bond motifs is 3. The molecule has 0 amide bonds. The second-order valence-electron chi connectivity index (χ2n) is 7.54. The van der Waals surface area contributed by atoms with Gasteiger partial charge in [0, 0.05) is 0 Å². The minimum absolute atomic E-state index is 0.689. The molecular weight excluding hydrogens is 180 g/mol. The average molecular weight is 206 g/mol. The molecule has 5 unspecified atom stereocenters. The first-order chi connectivity index (χ1) is 6.97. The Balaban J connectivity index is 1.92. The van der Waals surface area contributed by atoms with Crippen LogP contribution >= 0.6 is 0 Å². The van der Waals surface area contributed by atoms with Gasteiger partial charge in [-0.2, -0.15) is 0 Å². The molecule has 0 aliphatic heterocycles. The van der Waals surface area contributed by atoms with Gasteiger partial charge in [0.2, 0.25) is 0 Å². The van der Waals surface area contributed by atoms with E-state index in [2.05, 4.69) is 27.7 Å². The highest BCUT2D eigenvalue weighted by Crippen LogP contribution is 2.73. The van der Waals surface area contributed by atoms with Gasteiger partial charge in [-0.25, -0.2) is 0 Å². The fourth-order valence-corrected chi connectivity index (χ4v) is 5.48. The van der Waals surface area contributed by atoms with E-state index in [1.165, 1.54) is 32.1 Å². The normalized spacial score (nSPS) is 56.8. The molecule has 0 radical (unpaired) electrons. The maximum atomic E-state index is 2.60. The van der Waals surface area contributed by atoms with E-state index in [1.54, 1.807) is 0 Å². The van der Waals surface area contributed by atoms with Crippen LogP contribution < -0.4 is 0 Å². The quantitative estimate of drug-likeness (QED) is 0.547. The van der Waals surface area contributed by atoms with Crippen LogP contribution in [0.25, 0.3) is 0 Å². The Morgan fingerprint density at radius 3 is 2.40 bits per heavy atom. The highest BCUT2D eigenvalue weighted by Gasteiger charge is 2.67. The maximum Gasteiger partial charge on any atom is -0.0289 e. The fourth-order valence-electron chi connectivity index (χ4n) is 5.48. The third-order valence-corrected chi connectivity index (χ3v) is 6.38. The lowest BCUT2D eigenvalue weighted by atomic mass is 9.57. The Labute approximate surface area is 94.8 Å². The minimum atomic E-state index is 0.689. The van der Waals surface area contributed by atoms with Gasteiger partial charge in [-0.05, 0) is 53.8 Å². The summed E-state index contributed by atoms with van der Waals surface area (Å²) in [7, 11) is 0. The fraction of sp³-hybridized carbons (Fsp3) is 1.00. The first-order valence-corrected chi connectivity index (χ1v) is 6.97. The largest absolute Gasteiger partial charge is 0.0622 e. The lowest BCUT2D eigenvalue weighted by Gasteiger charge is -2.48. The van der Waals surface area contributed by atoms with Gasteiger partial charge in [-0.1, -0.05) is 40.5 Å². The molecule has 0 saturated heterocycles. The predicted octanol–water partition coefficient (Wildman–Crippen LogP) is 4.49. The van der Waals surface area contributed by atoms with E-state index in [-0.39, 0.29) is 0 Å². The van der Waals surface area contributed by atoms with Crippen molar-refractivity contribution in [2.24, 2.45) is 34.5 Å². The van der Waals surface area contributed by atoms with Crippen molar-refractivity contribution in [3.63, 3.8) is 0 Å². The average Bonchev–Trinajstić information content (AvgIpc) is 2.68. The first-order valence-electron chi connectivity index (χ1n) is 6.97. The van der Waals surface area contributed by atoms with Crippen LogP contribution in [-0.2, 0) is 0 Å². The van der Waals surface area contributed by atoms with Crippen LogP contribution in [0.1, 0.15) is 59.8 Å². The summed E-state index contributed by atoms with van der Waals surface area (Å²) in [6.45, 7) is 10.2. The molecule has 0 spiro atoms. The molecule has 0 heteroatoms. The zero-order valence-electron chi connectivity index (χ0n) is 10.8. The van der Waals surface area contributed by atoms with Crippen LogP contribution in [0.3, 0.4) is 0 Å². The molecule has 3 saturated carbocycles. The summed E-state index contributed by atoms with van der Waals surface area (Å²) >= 11 is 0. The van der Waals surface area contributed by atoms with Crippen molar-refractivity contribution in [2.45, 2.75) is 59.8 Å². The molecule has 0 N–H and O–H groups in total. The molecule has 3 aliphatic rings. The Morgan fingerprint density at radius 2 is 1.67 bits per heavy atom. The molecule has 3 rings (SSSR count). The standard InChI is InChI=1S/C15H26/c1-10-6-5-8-15(4)9-7-11-13(12(10)15)14(11,2)3/h10-13H,5-9H2,1-4H3. The second kappa shape index (κ2) is 2.81. The molecule has 15 heavy (non-hydrogen) atoms. The molecule has 0 nitrogen and oxygen atoms in total. The molecule has 0 aromatic carbocycles. The molecule has 0 heterocycles. The summed E-state index contributed by atoms with van der Waals surface area (Å²) in [5, 5.41) is 0. The molecule has 5 atom stereocenters. The van der Waals surface area contributed by atoms with E-state index in [9.17, 15) is 0 Å². The highest BCUT2D eigenvalue weighted by molar-refractivity contribution is 5.15. The smallest absolute Gasteiger partial charge is 0.0289 e. The molecule has 3 fully saturated rings. The van der Waals surface area contributed by atoms with Gasteiger partial charge in [0.1, 0.15) is 0 Å². The van der Waals surface area contributed by atoms with Crippen LogP contribution in [0, 0.1) is 34.5 Å². The summed E-state index contributed by atoms with van der Waals surface area (Å²) in [5.74, 6) is 4.21.